The van der Waals surface area contributed by atoms with Crippen LogP contribution in [0, 0.1) is 0 Å². The fourth-order valence-corrected chi connectivity index (χ4v) is 3.40. The standard InChI is InChI=1S/C16H24N4O4S/c1-6-11(9(3)21)19-14(22)8(2)18-15(23)12-7-25-10(4)13(17-5)16(24)20-12/h6,10,12-13,17H,2,7H2,1,3-5H3,(H,18,23)(H,19,22)(H,20,24). The third kappa shape index (κ3) is 5.71. The van der Waals surface area contributed by atoms with Gasteiger partial charge in [0.05, 0.1) is 17.4 Å². The van der Waals surface area contributed by atoms with Crippen molar-refractivity contribution in [2.75, 3.05) is 12.8 Å². The van der Waals surface area contributed by atoms with Crippen LogP contribution in [0.5, 0.6) is 0 Å². The van der Waals surface area contributed by atoms with Gasteiger partial charge in [-0.1, -0.05) is 19.6 Å². The van der Waals surface area contributed by atoms with Crippen LogP contribution < -0.4 is 21.3 Å². The molecule has 138 valence electrons. The minimum absolute atomic E-state index is 0.00196. The molecule has 8 nitrogen and oxygen atoms in total. The van der Waals surface area contributed by atoms with Gasteiger partial charge in [0.2, 0.25) is 11.8 Å². The molecule has 3 unspecified atom stereocenters. The molecule has 25 heavy (non-hydrogen) atoms. The predicted molar refractivity (Wildman–Crippen MR) is 96.6 cm³/mol. The highest BCUT2D eigenvalue weighted by Gasteiger charge is 2.33. The lowest BCUT2D eigenvalue weighted by atomic mass is 10.2. The van der Waals surface area contributed by atoms with Crippen LogP contribution in [0.4, 0.5) is 0 Å². The summed E-state index contributed by atoms with van der Waals surface area (Å²) in [5, 5.41) is 10.3. The Bertz CT molecular complexity index is 617. The number of allylic oxidation sites excluding steroid dienone is 2. The van der Waals surface area contributed by atoms with E-state index in [0.29, 0.717) is 5.75 Å². The fourth-order valence-electron chi connectivity index (χ4n) is 2.22. The Morgan fingerprint density at radius 2 is 1.96 bits per heavy atom. The van der Waals surface area contributed by atoms with Gasteiger partial charge in [0.1, 0.15) is 6.04 Å². The van der Waals surface area contributed by atoms with E-state index in [-0.39, 0.29) is 28.3 Å². The van der Waals surface area contributed by atoms with Crippen LogP contribution >= 0.6 is 11.8 Å². The predicted octanol–water partition coefficient (Wildman–Crippen LogP) is -0.567. The number of ketones is 1. The van der Waals surface area contributed by atoms with Crippen LogP contribution in [0.3, 0.4) is 0 Å². The first kappa shape index (κ1) is 20.9. The number of hydrogen-bond acceptors (Lipinski definition) is 6. The number of nitrogens with one attached hydrogen (secondary N) is 4. The third-order valence-corrected chi connectivity index (χ3v) is 5.01. The molecule has 0 aromatic carbocycles. The molecule has 1 rings (SSSR count). The molecule has 4 N–H and O–H groups in total. The van der Waals surface area contributed by atoms with Crippen LogP contribution in [0.25, 0.3) is 0 Å². The Morgan fingerprint density at radius 1 is 1.32 bits per heavy atom. The highest BCUT2D eigenvalue weighted by atomic mass is 32.2. The summed E-state index contributed by atoms with van der Waals surface area (Å²) in [5.74, 6) is -1.43. The van der Waals surface area contributed by atoms with Crippen molar-refractivity contribution in [1.82, 2.24) is 21.3 Å². The summed E-state index contributed by atoms with van der Waals surface area (Å²) >= 11 is 1.47. The summed E-state index contributed by atoms with van der Waals surface area (Å²) < 4.78 is 0. The second-order valence-electron chi connectivity index (χ2n) is 5.55. The van der Waals surface area contributed by atoms with E-state index < -0.39 is 23.9 Å². The van der Waals surface area contributed by atoms with E-state index in [4.69, 9.17) is 0 Å². The van der Waals surface area contributed by atoms with Gasteiger partial charge < -0.3 is 21.3 Å². The molecule has 0 aliphatic carbocycles. The lowest BCUT2D eigenvalue weighted by Gasteiger charge is -2.18. The number of carbonyl (C=O) groups is 4. The molecule has 0 aromatic rings. The molecular formula is C16H24N4O4S. The molecule has 3 amide bonds. The summed E-state index contributed by atoms with van der Waals surface area (Å²) in [7, 11) is 1.68. The van der Waals surface area contributed by atoms with E-state index in [1.165, 1.54) is 24.8 Å². The molecule has 0 spiro atoms. The molecule has 3 atom stereocenters. The van der Waals surface area contributed by atoms with Gasteiger partial charge in [-0.15, -0.1) is 0 Å². The van der Waals surface area contributed by atoms with Gasteiger partial charge in [-0.3, -0.25) is 19.2 Å². The van der Waals surface area contributed by atoms with Crippen molar-refractivity contribution < 1.29 is 19.2 Å². The number of carbonyl (C=O) groups excluding carboxylic acids is 4. The molecule has 1 aliphatic heterocycles. The topological polar surface area (TPSA) is 116 Å². The summed E-state index contributed by atoms with van der Waals surface area (Å²) in [4.78, 5) is 47.8. The van der Waals surface area contributed by atoms with E-state index >= 15 is 0 Å². The maximum absolute atomic E-state index is 12.3. The monoisotopic (exact) mass is 368 g/mol. The second kappa shape index (κ2) is 9.38. The normalized spacial score (nSPS) is 23.9. The first-order chi connectivity index (χ1) is 11.7. The number of thioether (sulfide) groups is 1. The summed E-state index contributed by atoms with van der Waals surface area (Å²) in [5.41, 5.74) is -0.0864. The largest absolute Gasteiger partial charge is 0.342 e. The SMILES string of the molecule is C=C(NC(=O)C1CSC(C)C(NC)C(=O)N1)C(=O)NC(=CC)C(C)=O. The molecule has 1 fully saturated rings. The second-order valence-corrected chi connectivity index (χ2v) is 6.96. The van der Waals surface area contributed by atoms with E-state index in [1.54, 1.807) is 14.0 Å². The molecule has 0 saturated carbocycles. The number of Topliss-reactive ketones (excluding diaryl/α,β-unsaturated/α-hetero) is 1. The molecule has 0 bridgehead atoms. The molecule has 0 aromatic heterocycles. The Hall–Kier alpha value is -2.13. The average Bonchev–Trinajstić information content (AvgIpc) is 2.69. The number of hydrogen-bond donors (Lipinski definition) is 4. The zero-order valence-corrected chi connectivity index (χ0v) is 15.6. The van der Waals surface area contributed by atoms with Crippen LogP contribution in [-0.4, -0.2) is 53.6 Å². The van der Waals surface area contributed by atoms with Crippen molar-refractivity contribution in [2.45, 2.75) is 38.1 Å². The minimum Gasteiger partial charge on any atom is -0.342 e. The van der Waals surface area contributed by atoms with E-state index in [1.807, 2.05) is 6.92 Å². The quantitative estimate of drug-likeness (QED) is 0.467. The van der Waals surface area contributed by atoms with Gasteiger partial charge in [0.15, 0.2) is 5.78 Å². The molecule has 1 heterocycles. The third-order valence-electron chi connectivity index (χ3n) is 3.69. The van der Waals surface area contributed by atoms with Crippen molar-refractivity contribution in [3.63, 3.8) is 0 Å². The summed E-state index contributed by atoms with van der Waals surface area (Å²) in [6.45, 7) is 8.33. The fraction of sp³-hybridized carbons (Fsp3) is 0.500. The zero-order chi connectivity index (χ0) is 19.1. The van der Waals surface area contributed by atoms with Crippen molar-refractivity contribution in [2.24, 2.45) is 0 Å². The van der Waals surface area contributed by atoms with Gasteiger partial charge in [-0.05, 0) is 14.0 Å². The van der Waals surface area contributed by atoms with Crippen LogP contribution in [0.2, 0.25) is 0 Å². The first-order valence-corrected chi connectivity index (χ1v) is 8.83. The Morgan fingerprint density at radius 3 is 2.48 bits per heavy atom. The van der Waals surface area contributed by atoms with Crippen LogP contribution in [0.1, 0.15) is 20.8 Å². The molecular weight excluding hydrogens is 344 g/mol. The number of rotatable bonds is 6. The summed E-state index contributed by atoms with van der Waals surface area (Å²) in [6, 6.07) is -1.18. The van der Waals surface area contributed by atoms with E-state index in [0.717, 1.165) is 0 Å². The maximum atomic E-state index is 12.3. The van der Waals surface area contributed by atoms with Crippen molar-refractivity contribution in [1.29, 1.82) is 0 Å². The van der Waals surface area contributed by atoms with Crippen LogP contribution in [-0.2, 0) is 19.2 Å². The Labute approximate surface area is 151 Å². The van der Waals surface area contributed by atoms with Gasteiger partial charge in [0, 0.05) is 17.9 Å². The van der Waals surface area contributed by atoms with Gasteiger partial charge in [0.25, 0.3) is 5.91 Å². The molecule has 1 aliphatic rings. The minimum atomic E-state index is -0.781. The highest BCUT2D eigenvalue weighted by molar-refractivity contribution is 8.00. The lowest BCUT2D eigenvalue weighted by Crippen LogP contribution is -2.53. The van der Waals surface area contributed by atoms with Crippen molar-refractivity contribution in [3.05, 3.63) is 24.0 Å². The molecule has 1 saturated heterocycles. The van der Waals surface area contributed by atoms with Crippen molar-refractivity contribution in [3.8, 4) is 0 Å². The molecule has 0 radical (unpaired) electrons. The Kier molecular flexibility index (Phi) is 7.85. The lowest BCUT2D eigenvalue weighted by molar-refractivity contribution is -0.129. The van der Waals surface area contributed by atoms with E-state index in [2.05, 4.69) is 27.8 Å². The average molecular weight is 368 g/mol. The van der Waals surface area contributed by atoms with Gasteiger partial charge >= 0.3 is 0 Å². The maximum Gasteiger partial charge on any atom is 0.271 e. The zero-order valence-electron chi connectivity index (χ0n) is 14.8. The van der Waals surface area contributed by atoms with Crippen molar-refractivity contribution >= 4 is 35.3 Å². The highest BCUT2D eigenvalue weighted by Crippen LogP contribution is 2.19. The number of amides is 3. The van der Waals surface area contributed by atoms with Gasteiger partial charge in [-0.25, -0.2) is 0 Å². The van der Waals surface area contributed by atoms with Crippen LogP contribution in [0.15, 0.2) is 24.0 Å². The molecule has 9 heteroatoms. The Balaban J connectivity index is 2.69. The van der Waals surface area contributed by atoms with E-state index in [9.17, 15) is 19.2 Å². The smallest absolute Gasteiger partial charge is 0.271 e. The summed E-state index contributed by atoms with van der Waals surface area (Å²) in [6.07, 6.45) is 1.46. The number of likely N-dealkylation sites (N-methyl/N-ethyl adjacent to an activating group) is 1. The van der Waals surface area contributed by atoms with Gasteiger partial charge in [-0.2, -0.15) is 11.8 Å². The first-order valence-electron chi connectivity index (χ1n) is 7.78.